The molecule has 0 aliphatic rings. The number of hydrogen-bond donors (Lipinski definition) is 0. The maximum atomic E-state index is 5.83. The van der Waals surface area contributed by atoms with Crippen molar-refractivity contribution in [2.75, 3.05) is 45.4 Å². The van der Waals surface area contributed by atoms with Gasteiger partial charge in [-0.2, -0.15) is 0 Å². The van der Waals surface area contributed by atoms with Gasteiger partial charge in [0, 0.05) is 73.4 Å². The van der Waals surface area contributed by atoms with Gasteiger partial charge in [-0.1, -0.05) is 21.6 Å². The maximum Gasteiger partial charge on any atom is 0.283 e. The molecule has 0 fully saturated rings. The molecule has 0 aromatic heterocycles. The van der Waals surface area contributed by atoms with E-state index < -0.39 is 11.9 Å². The van der Waals surface area contributed by atoms with Crippen LogP contribution in [0.5, 0.6) is 0 Å². The van der Waals surface area contributed by atoms with E-state index in [1.54, 1.807) is 30.4 Å². The molecule has 0 bridgehead atoms. The molecule has 0 aromatic rings. The van der Waals surface area contributed by atoms with E-state index in [0.29, 0.717) is 50.9 Å². The maximum absolute atomic E-state index is 5.83. The van der Waals surface area contributed by atoms with Crippen LogP contribution >= 0.6 is 41.2 Å². The van der Waals surface area contributed by atoms with Gasteiger partial charge >= 0.3 is 0 Å². The topological polar surface area (TPSA) is 55.4 Å². The minimum atomic E-state index is -0.921. The molecule has 11 heteroatoms. The van der Waals surface area contributed by atoms with Crippen molar-refractivity contribution in [3.05, 3.63) is 0 Å². The minimum Gasteiger partial charge on any atom is -0.328 e. The van der Waals surface area contributed by atoms with Gasteiger partial charge in [-0.25, -0.2) is 0 Å². The van der Waals surface area contributed by atoms with Crippen LogP contribution in [0.15, 0.2) is 0 Å². The predicted molar refractivity (Wildman–Crippen MR) is 133 cm³/mol. The zero-order valence-electron chi connectivity index (χ0n) is 19.0. The van der Waals surface area contributed by atoms with Crippen LogP contribution in [0.1, 0.15) is 54.4 Å². The van der Waals surface area contributed by atoms with E-state index in [4.69, 9.17) is 28.4 Å². The third-order valence-electron chi connectivity index (χ3n) is 3.49. The summed E-state index contributed by atoms with van der Waals surface area (Å²) in [7, 11) is 8.23. The molecule has 176 valence electrons. The van der Waals surface area contributed by atoms with Gasteiger partial charge in [0.25, 0.3) is 11.9 Å². The lowest BCUT2D eigenvalue weighted by Gasteiger charge is -2.34. The minimum absolute atomic E-state index is 0.451. The average molecular weight is 509 g/mol. The van der Waals surface area contributed by atoms with Gasteiger partial charge in [0.1, 0.15) is 0 Å². The highest BCUT2D eigenvalue weighted by Crippen LogP contribution is 2.46. The van der Waals surface area contributed by atoms with E-state index >= 15 is 0 Å². The summed E-state index contributed by atoms with van der Waals surface area (Å²) in [5.74, 6) is -0.956. The van der Waals surface area contributed by atoms with E-state index in [9.17, 15) is 0 Å². The van der Waals surface area contributed by atoms with Crippen molar-refractivity contribution in [1.29, 1.82) is 0 Å². The highest BCUT2D eigenvalue weighted by atomic mass is 33.7. The standard InChI is InChI=1S/C18H40O6S4Si/c1-7-19-17(20-8-2,21-9-3)13-14-25-27-28-26-16(29)15-18(22-10-4,23-11-5)24-12-6/h16H,7-15H2,1-6,29H3. The third kappa shape index (κ3) is 13.5. The second-order valence-corrected chi connectivity index (χ2v) is 14.5. The fraction of sp³-hybridized carbons (Fsp3) is 1.00. The third-order valence-corrected chi connectivity index (χ3v) is 12.5. The highest BCUT2D eigenvalue weighted by molar-refractivity contribution is 9.26. The van der Waals surface area contributed by atoms with Crippen LogP contribution in [0, 0.1) is 0 Å². The van der Waals surface area contributed by atoms with Crippen LogP contribution in [0.2, 0.25) is 0 Å². The molecular formula is C18H40O6S4Si. The van der Waals surface area contributed by atoms with Crippen molar-refractivity contribution in [2.24, 2.45) is 0 Å². The van der Waals surface area contributed by atoms with Crippen molar-refractivity contribution in [1.82, 2.24) is 0 Å². The summed E-state index contributed by atoms with van der Waals surface area (Å²) in [6, 6.07) is 0. The Morgan fingerprint density at radius 1 is 0.655 bits per heavy atom. The van der Waals surface area contributed by atoms with Gasteiger partial charge < -0.3 is 28.4 Å². The quantitative estimate of drug-likeness (QED) is 0.0946. The first-order valence-electron chi connectivity index (χ1n) is 10.4. The summed E-state index contributed by atoms with van der Waals surface area (Å²) in [4.78, 5) is 0.451. The Morgan fingerprint density at radius 3 is 1.48 bits per heavy atom. The van der Waals surface area contributed by atoms with Gasteiger partial charge in [-0.3, -0.25) is 0 Å². The molecule has 0 spiro atoms. The molecule has 0 saturated carbocycles. The molecule has 0 amide bonds. The first-order chi connectivity index (χ1) is 14.0. The van der Waals surface area contributed by atoms with Gasteiger partial charge in [-0.05, 0) is 61.2 Å². The normalized spacial score (nSPS) is 13.9. The first kappa shape index (κ1) is 30.4. The van der Waals surface area contributed by atoms with Gasteiger partial charge in [-0.15, -0.1) is 0 Å². The fourth-order valence-electron chi connectivity index (χ4n) is 2.65. The zero-order chi connectivity index (χ0) is 22.0. The smallest absolute Gasteiger partial charge is 0.283 e. The van der Waals surface area contributed by atoms with E-state index in [0.717, 1.165) is 22.4 Å². The average Bonchev–Trinajstić information content (AvgIpc) is 2.66. The first-order valence-corrected chi connectivity index (χ1v) is 16.6. The van der Waals surface area contributed by atoms with Gasteiger partial charge in [0.05, 0.1) is 0 Å². The lowest BCUT2D eigenvalue weighted by molar-refractivity contribution is -0.378. The number of rotatable bonds is 21. The molecule has 0 heterocycles. The van der Waals surface area contributed by atoms with Crippen LogP contribution in [-0.4, -0.2) is 72.5 Å². The largest absolute Gasteiger partial charge is 0.328 e. The molecule has 0 rings (SSSR count). The second-order valence-electron chi connectivity index (χ2n) is 5.78. The van der Waals surface area contributed by atoms with Crippen molar-refractivity contribution in [3.8, 4) is 0 Å². The van der Waals surface area contributed by atoms with Crippen molar-refractivity contribution in [2.45, 2.75) is 71.2 Å². The van der Waals surface area contributed by atoms with E-state index in [1.165, 1.54) is 0 Å². The monoisotopic (exact) mass is 508 g/mol. The lowest BCUT2D eigenvalue weighted by atomic mass is 10.4. The molecule has 0 saturated heterocycles. The SMILES string of the molecule is CCOC(CCSSSSC([SiH3])CC(OCC)(OCC)OCC)(OCC)OCC. The summed E-state index contributed by atoms with van der Waals surface area (Å²) in [5, 5.41) is 0. The Hall–Kier alpha value is 1.38. The molecular weight excluding hydrogens is 469 g/mol. The van der Waals surface area contributed by atoms with Crippen LogP contribution in [-0.2, 0) is 28.4 Å². The highest BCUT2D eigenvalue weighted by Gasteiger charge is 2.35. The van der Waals surface area contributed by atoms with E-state index in [2.05, 4.69) is 0 Å². The lowest BCUT2D eigenvalue weighted by Crippen LogP contribution is -2.42. The van der Waals surface area contributed by atoms with Crippen LogP contribution < -0.4 is 0 Å². The summed E-state index contributed by atoms with van der Waals surface area (Å²) in [5.41, 5.74) is 0. The molecule has 0 aliphatic heterocycles. The summed E-state index contributed by atoms with van der Waals surface area (Å²) in [6.45, 7) is 15.2. The number of ether oxygens (including phenoxy) is 6. The molecule has 0 aliphatic carbocycles. The van der Waals surface area contributed by atoms with Crippen LogP contribution in [0.3, 0.4) is 0 Å². The van der Waals surface area contributed by atoms with E-state index in [1.807, 2.05) is 52.3 Å². The second kappa shape index (κ2) is 18.9. The Morgan fingerprint density at radius 2 is 1.07 bits per heavy atom. The molecule has 0 aromatic carbocycles. The summed E-state index contributed by atoms with van der Waals surface area (Å²) in [6.07, 6.45) is 1.43. The van der Waals surface area contributed by atoms with Gasteiger partial charge in [0.15, 0.2) is 0 Å². The zero-order valence-corrected chi connectivity index (χ0v) is 24.3. The molecule has 0 N–H and O–H groups in total. The van der Waals surface area contributed by atoms with Crippen molar-refractivity contribution < 1.29 is 28.4 Å². The Balaban J connectivity index is 4.33. The molecule has 0 radical (unpaired) electrons. The Bertz CT molecular complexity index is 350. The Labute approximate surface area is 195 Å². The summed E-state index contributed by atoms with van der Waals surface area (Å²) >= 11 is 0. The predicted octanol–water partition coefficient (Wildman–Crippen LogP) is 4.66. The summed E-state index contributed by atoms with van der Waals surface area (Å²) < 4.78 is 34.8. The van der Waals surface area contributed by atoms with Crippen LogP contribution in [0.25, 0.3) is 0 Å². The molecule has 1 atom stereocenters. The number of hydrogen-bond acceptors (Lipinski definition) is 10. The molecule has 6 nitrogen and oxygen atoms in total. The Kier molecular flexibility index (Phi) is 19.8. The molecule has 29 heavy (non-hydrogen) atoms. The van der Waals surface area contributed by atoms with Crippen molar-refractivity contribution >= 4 is 51.5 Å². The van der Waals surface area contributed by atoms with Crippen LogP contribution in [0.4, 0.5) is 0 Å². The van der Waals surface area contributed by atoms with E-state index in [-0.39, 0.29) is 0 Å². The molecule has 1 unspecified atom stereocenters. The van der Waals surface area contributed by atoms with Gasteiger partial charge in [0.2, 0.25) is 0 Å². The van der Waals surface area contributed by atoms with Crippen molar-refractivity contribution in [3.63, 3.8) is 0 Å². The fourth-order valence-corrected chi connectivity index (χ4v) is 11.8.